The van der Waals surface area contributed by atoms with Gasteiger partial charge in [-0.1, -0.05) is 0 Å². The van der Waals surface area contributed by atoms with Crippen LogP contribution in [0.2, 0.25) is 0 Å². The first-order valence-corrected chi connectivity index (χ1v) is 8.45. The van der Waals surface area contributed by atoms with Crippen molar-refractivity contribution in [1.82, 2.24) is 14.5 Å². The quantitative estimate of drug-likeness (QED) is 0.669. The zero-order valence-electron chi connectivity index (χ0n) is 14.1. The van der Waals surface area contributed by atoms with E-state index in [9.17, 15) is 0 Å². The molecule has 1 aliphatic rings. The van der Waals surface area contributed by atoms with Crippen LogP contribution in [-0.2, 0) is 9.47 Å². The van der Waals surface area contributed by atoms with Gasteiger partial charge in [-0.25, -0.2) is 9.97 Å². The third kappa shape index (κ3) is 4.42. The number of rotatable bonds is 3. The summed E-state index contributed by atoms with van der Waals surface area (Å²) in [5.74, 6) is -0.487. The summed E-state index contributed by atoms with van der Waals surface area (Å²) in [6, 6.07) is 0. The average molecular weight is 402 g/mol. The van der Waals surface area contributed by atoms with Gasteiger partial charge in [-0.05, 0) is 42.6 Å². The third-order valence-electron chi connectivity index (χ3n) is 3.75. The highest BCUT2D eigenvalue weighted by Gasteiger charge is 2.27. The monoisotopic (exact) mass is 401 g/mol. The maximum atomic E-state index is 8.60. The molecule has 134 valence electrons. The molecule has 3 heterocycles. The molecule has 0 aliphatic carbocycles. The lowest BCUT2D eigenvalue weighted by Gasteiger charge is -2.14. The molecule has 1 aliphatic heterocycles. The molecular weight excluding hydrogens is 378 g/mol. The molecular formula is C15H24BrN5O3. The van der Waals surface area contributed by atoms with Crippen molar-refractivity contribution < 1.29 is 14.6 Å². The maximum absolute atomic E-state index is 8.60. The van der Waals surface area contributed by atoms with Crippen molar-refractivity contribution in [3.63, 3.8) is 0 Å². The van der Waals surface area contributed by atoms with Gasteiger partial charge < -0.3 is 30.6 Å². The van der Waals surface area contributed by atoms with Crippen LogP contribution in [0.3, 0.4) is 0 Å². The molecule has 5 N–H and O–H groups in total. The lowest BCUT2D eigenvalue weighted by atomic mass is 10.2. The zero-order valence-corrected chi connectivity index (χ0v) is 15.7. The Balaban J connectivity index is 0.000000301. The van der Waals surface area contributed by atoms with Crippen molar-refractivity contribution >= 4 is 32.8 Å². The summed E-state index contributed by atoms with van der Waals surface area (Å²) in [7, 11) is 1.46. The van der Waals surface area contributed by atoms with E-state index >= 15 is 0 Å². The number of nitrogens with zero attached hydrogens (tertiary/aromatic N) is 3. The van der Waals surface area contributed by atoms with E-state index in [-0.39, 0.29) is 12.3 Å². The highest BCUT2D eigenvalue weighted by Crippen LogP contribution is 2.35. The van der Waals surface area contributed by atoms with Crippen molar-refractivity contribution in [1.29, 1.82) is 0 Å². The molecule has 0 aromatic carbocycles. The topological polar surface area (TPSA) is 121 Å². The summed E-state index contributed by atoms with van der Waals surface area (Å²) in [6.07, 6.45) is 5.42. The summed E-state index contributed by atoms with van der Waals surface area (Å²) in [6.45, 7) is 3.70. The van der Waals surface area contributed by atoms with Crippen molar-refractivity contribution in [2.75, 3.05) is 19.4 Å². The van der Waals surface area contributed by atoms with Gasteiger partial charge >= 0.3 is 0 Å². The second-order valence-corrected chi connectivity index (χ2v) is 6.87. The molecule has 8 nitrogen and oxygen atoms in total. The van der Waals surface area contributed by atoms with Gasteiger partial charge in [0, 0.05) is 24.3 Å². The van der Waals surface area contributed by atoms with E-state index in [1.165, 1.54) is 13.4 Å². The van der Waals surface area contributed by atoms with Gasteiger partial charge in [0.15, 0.2) is 5.79 Å². The minimum Gasteiger partial charge on any atom is -0.383 e. The fraction of sp³-hybridized carbons (Fsp3) is 0.600. The number of nitrogen functional groups attached to an aromatic ring is 1. The van der Waals surface area contributed by atoms with E-state index in [1.807, 2.05) is 10.8 Å². The standard InChI is InChI=1S/C11H14BrN5O.C4H10O2/c12-7-4-17(8-2-1-6(3-13)18-8)11-9(7)10(14)15-5-16-11;1-4(2,5)6-3/h4-6,8H,1-3,13H2,(H2,14,15,16);5H,1-3H3. The van der Waals surface area contributed by atoms with Crippen molar-refractivity contribution in [3.8, 4) is 0 Å². The van der Waals surface area contributed by atoms with E-state index in [1.54, 1.807) is 13.8 Å². The Morgan fingerprint density at radius 3 is 2.67 bits per heavy atom. The maximum Gasteiger partial charge on any atom is 0.159 e. The molecule has 2 aromatic heterocycles. The number of anilines is 1. The Morgan fingerprint density at radius 1 is 1.46 bits per heavy atom. The second-order valence-electron chi connectivity index (χ2n) is 6.02. The molecule has 0 amide bonds. The summed E-state index contributed by atoms with van der Waals surface area (Å²) in [5, 5.41) is 9.43. The van der Waals surface area contributed by atoms with Gasteiger partial charge in [-0.3, -0.25) is 0 Å². The van der Waals surface area contributed by atoms with Crippen molar-refractivity contribution in [2.24, 2.45) is 5.73 Å². The summed E-state index contributed by atoms with van der Waals surface area (Å²) in [5.41, 5.74) is 12.3. The molecule has 0 bridgehead atoms. The molecule has 1 saturated heterocycles. The largest absolute Gasteiger partial charge is 0.383 e. The van der Waals surface area contributed by atoms with Gasteiger partial charge in [-0.15, -0.1) is 0 Å². The van der Waals surface area contributed by atoms with Crippen LogP contribution in [0.1, 0.15) is 32.9 Å². The summed E-state index contributed by atoms with van der Waals surface area (Å²) in [4.78, 5) is 8.29. The predicted octanol–water partition coefficient (Wildman–Crippen LogP) is 1.77. The highest BCUT2D eigenvalue weighted by atomic mass is 79.9. The Bertz CT molecular complexity index is 686. The van der Waals surface area contributed by atoms with Crippen LogP contribution in [0.5, 0.6) is 0 Å². The van der Waals surface area contributed by atoms with Gasteiger partial charge in [0.25, 0.3) is 0 Å². The first-order chi connectivity index (χ1) is 11.3. The SMILES string of the molecule is COC(C)(C)O.NCC1CCC(n2cc(Br)c3c(N)ncnc32)O1. The van der Waals surface area contributed by atoms with Crippen molar-refractivity contribution in [2.45, 2.75) is 44.8 Å². The van der Waals surface area contributed by atoms with Gasteiger partial charge in [0.05, 0.1) is 11.5 Å². The van der Waals surface area contributed by atoms with Crippen LogP contribution in [0.4, 0.5) is 5.82 Å². The first kappa shape index (κ1) is 19.1. The van der Waals surface area contributed by atoms with E-state index < -0.39 is 5.79 Å². The molecule has 0 spiro atoms. The molecule has 2 unspecified atom stereocenters. The molecule has 0 saturated carbocycles. The highest BCUT2D eigenvalue weighted by molar-refractivity contribution is 9.10. The Kier molecular flexibility index (Phi) is 6.16. The number of hydrogen-bond acceptors (Lipinski definition) is 7. The molecule has 0 radical (unpaired) electrons. The van der Waals surface area contributed by atoms with Gasteiger partial charge in [0.2, 0.25) is 0 Å². The lowest BCUT2D eigenvalue weighted by Crippen LogP contribution is -2.20. The number of nitrogens with two attached hydrogens (primary N) is 2. The van der Waals surface area contributed by atoms with Crippen LogP contribution in [0.25, 0.3) is 11.0 Å². The second kappa shape index (κ2) is 7.75. The molecule has 2 atom stereocenters. The number of methoxy groups -OCH3 is 1. The molecule has 24 heavy (non-hydrogen) atoms. The smallest absolute Gasteiger partial charge is 0.159 e. The van der Waals surface area contributed by atoms with Crippen LogP contribution in [0, 0.1) is 0 Å². The Morgan fingerprint density at radius 2 is 2.12 bits per heavy atom. The lowest BCUT2D eigenvalue weighted by molar-refractivity contribution is -0.155. The molecule has 2 aromatic rings. The van der Waals surface area contributed by atoms with Gasteiger partial charge in [0.1, 0.15) is 24.0 Å². The number of halogens is 1. The molecule has 1 fully saturated rings. The fourth-order valence-corrected chi connectivity index (χ4v) is 2.95. The number of hydrogen-bond donors (Lipinski definition) is 3. The number of fused-ring (bicyclic) bond motifs is 1. The fourth-order valence-electron chi connectivity index (χ4n) is 2.35. The third-order valence-corrected chi connectivity index (χ3v) is 4.35. The van der Waals surface area contributed by atoms with E-state index in [0.29, 0.717) is 12.4 Å². The van der Waals surface area contributed by atoms with E-state index in [0.717, 1.165) is 28.3 Å². The molecule has 9 heteroatoms. The normalized spacial score (nSPS) is 20.9. The number of aliphatic hydroxyl groups is 1. The van der Waals surface area contributed by atoms with Crippen LogP contribution >= 0.6 is 15.9 Å². The predicted molar refractivity (Wildman–Crippen MR) is 95.1 cm³/mol. The van der Waals surface area contributed by atoms with Crippen LogP contribution in [0.15, 0.2) is 17.0 Å². The minimum absolute atomic E-state index is 0.0263. The number of aromatic nitrogens is 3. The van der Waals surface area contributed by atoms with Crippen LogP contribution < -0.4 is 11.5 Å². The minimum atomic E-state index is -0.958. The first-order valence-electron chi connectivity index (χ1n) is 7.66. The van der Waals surface area contributed by atoms with E-state index in [4.69, 9.17) is 21.3 Å². The Labute approximate surface area is 149 Å². The molecule has 3 rings (SSSR count). The van der Waals surface area contributed by atoms with E-state index in [2.05, 4.69) is 30.6 Å². The Hall–Kier alpha value is -1.26. The number of ether oxygens (including phenoxy) is 2. The van der Waals surface area contributed by atoms with Crippen LogP contribution in [-0.4, -0.2) is 45.2 Å². The average Bonchev–Trinajstić information content (AvgIpc) is 3.12. The van der Waals surface area contributed by atoms with Gasteiger partial charge in [-0.2, -0.15) is 0 Å². The summed E-state index contributed by atoms with van der Waals surface area (Å²) < 4.78 is 13.2. The van der Waals surface area contributed by atoms with Crippen molar-refractivity contribution in [3.05, 3.63) is 17.0 Å². The summed E-state index contributed by atoms with van der Waals surface area (Å²) >= 11 is 3.49. The zero-order chi connectivity index (χ0) is 17.9.